The maximum Gasteiger partial charge on any atom is 0.167 e. The summed E-state index contributed by atoms with van der Waals surface area (Å²) in [5, 5.41) is 3.42. The van der Waals surface area contributed by atoms with Crippen LogP contribution in [0.3, 0.4) is 0 Å². The Morgan fingerprint density at radius 3 is 2.19 bits per heavy atom. The van der Waals surface area contributed by atoms with Crippen molar-refractivity contribution in [3.05, 3.63) is 47.2 Å². The van der Waals surface area contributed by atoms with Crippen molar-refractivity contribution < 1.29 is 4.52 Å². The molecule has 1 heterocycles. The van der Waals surface area contributed by atoms with Crippen LogP contribution in [0.15, 0.2) is 34.9 Å². The SMILES string of the molecule is C#Cc1ccc(C)cc1.Cc1cc(N)no1. The molecule has 2 aromatic rings. The summed E-state index contributed by atoms with van der Waals surface area (Å²) in [5.41, 5.74) is 7.36. The highest BCUT2D eigenvalue weighted by Crippen LogP contribution is 2.00. The first-order chi connectivity index (χ1) is 7.61. The van der Waals surface area contributed by atoms with E-state index in [9.17, 15) is 0 Å². The number of benzene rings is 1. The molecule has 0 aliphatic carbocycles. The van der Waals surface area contributed by atoms with Crippen molar-refractivity contribution in [1.29, 1.82) is 0 Å². The van der Waals surface area contributed by atoms with Gasteiger partial charge in [0.25, 0.3) is 0 Å². The van der Waals surface area contributed by atoms with Crippen molar-refractivity contribution in [2.24, 2.45) is 0 Å². The normalized spacial score (nSPS) is 8.81. The van der Waals surface area contributed by atoms with Gasteiger partial charge in [0.15, 0.2) is 5.82 Å². The second kappa shape index (κ2) is 5.62. The predicted octanol–water partition coefficient (Wildman–Crippen LogP) is 2.54. The molecule has 0 fully saturated rings. The Hall–Kier alpha value is -2.21. The van der Waals surface area contributed by atoms with Gasteiger partial charge in [0.2, 0.25) is 0 Å². The number of nitrogen functional groups attached to an aromatic ring is 1. The molecule has 0 saturated heterocycles. The molecule has 82 valence electrons. The smallest absolute Gasteiger partial charge is 0.167 e. The number of anilines is 1. The van der Waals surface area contributed by atoms with E-state index in [1.165, 1.54) is 5.56 Å². The summed E-state index contributed by atoms with van der Waals surface area (Å²) in [6.07, 6.45) is 5.15. The third kappa shape index (κ3) is 3.89. The van der Waals surface area contributed by atoms with E-state index in [0.29, 0.717) is 5.82 Å². The minimum atomic E-state index is 0.442. The van der Waals surface area contributed by atoms with Crippen LogP contribution in [-0.4, -0.2) is 5.16 Å². The number of nitrogens with zero attached hydrogens (tertiary/aromatic N) is 1. The molecule has 0 aliphatic heterocycles. The van der Waals surface area contributed by atoms with Crippen molar-refractivity contribution >= 4 is 5.82 Å². The van der Waals surface area contributed by atoms with Crippen LogP contribution in [-0.2, 0) is 0 Å². The van der Waals surface area contributed by atoms with Crippen LogP contribution < -0.4 is 5.73 Å². The number of terminal acetylenes is 1. The molecule has 0 amide bonds. The molecule has 0 unspecified atom stereocenters. The number of aromatic nitrogens is 1. The summed E-state index contributed by atoms with van der Waals surface area (Å²) in [6.45, 7) is 3.84. The number of aryl methyl sites for hydroxylation is 2. The topological polar surface area (TPSA) is 52.0 Å². The number of nitrogens with two attached hydrogens (primary N) is 1. The summed E-state index contributed by atoms with van der Waals surface area (Å²) >= 11 is 0. The molecule has 0 atom stereocenters. The van der Waals surface area contributed by atoms with Crippen LogP contribution in [0.25, 0.3) is 0 Å². The minimum Gasteiger partial charge on any atom is -0.381 e. The van der Waals surface area contributed by atoms with Gasteiger partial charge in [-0.1, -0.05) is 28.8 Å². The Morgan fingerprint density at radius 1 is 1.25 bits per heavy atom. The number of hydrogen-bond donors (Lipinski definition) is 1. The zero-order chi connectivity index (χ0) is 12.0. The molecule has 0 aliphatic rings. The fourth-order valence-electron chi connectivity index (χ4n) is 1.04. The maximum atomic E-state index is 5.17. The molecule has 3 heteroatoms. The second-order valence-electron chi connectivity index (χ2n) is 3.37. The molecule has 3 nitrogen and oxygen atoms in total. The molecule has 0 spiro atoms. The number of rotatable bonds is 0. The lowest BCUT2D eigenvalue weighted by molar-refractivity contribution is 0.400. The van der Waals surface area contributed by atoms with Crippen molar-refractivity contribution in [1.82, 2.24) is 5.16 Å². The van der Waals surface area contributed by atoms with Gasteiger partial charge in [0, 0.05) is 11.6 Å². The van der Waals surface area contributed by atoms with E-state index >= 15 is 0 Å². The van der Waals surface area contributed by atoms with Crippen LogP contribution >= 0.6 is 0 Å². The van der Waals surface area contributed by atoms with Gasteiger partial charge in [-0.15, -0.1) is 6.42 Å². The van der Waals surface area contributed by atoms with Gasteiger partial charge in [0.05, 0.1) is 0 Å². The van der Waals surface area contributed by atoms with Gasteiger partial charge in [-0.05, 0) is 26.0 Å². The van der Waals surface area contributed by atoms with Crippen LogP contribution in [0, 0.1) is 26.2 Å². The third-order valence-corrected chi connectivity index (χ3v) is 1.86. The summed E-state index contributed by atoms with van der Waals surface area (Å²) in [6, 6.07) is 9.56. The Balaban J connectivity index is 0.000000165. The molecule has 0 radical (unpaired) electrons. The van der Waals surface area contributed by atoms with Gasteiger partial charge in [-0.2, -0.15) is 0 Å². The first kappa shape index (κ1) is 11.9. The molecule has 1 aromatic carbocycles. The Morgan fingerprint density at radius 2 is 1.88 bits per heavy atom. The lowest BCUT2D eigenvalue weighted by Crippen LogP contribution is -1.79. The number of hydrogen-bond acceptors (Lipinski definition) is 3. The quantitative estimate of drug-likeness (QED) is 0.685. The van der Waals surface area contributed by atoms with Crippen LogP contribution in [0.4, 0.5) is 5.82 Å². The van der Waals surface area contributed by atoms with E-state index in [-0.39, 0.29) is 0 Å². The van der Waals surface area contributed by atoms with Gasteiger partial charge in [-0.3, -0.25) is 0 Å². The van der Waals surface area contributed by atoms with Crippen molar-refractivity contribution in [2.75, 3.05) is 5.73 Å². The maximum absolute atomic E-state index is 5.17. The summed E-state index contributed by atoms with van der Waals surface area (Å²) in [7, 11) is 0. The lowest BCUT2D eigenvalue weighted by Gasteiger charge is -1.89. The standard InChI is InChI=1S/C9H8.C4H6N2O/c1-3-9-6-4-8(2)5-7-9;1-3-2-4(5)6-7-3/h1,4-7H,2H3;2H,1H3,(H2,5,6). The van der Waals surface area contributed by atoms with Gasteiger partial charge >= 0.3 is 0 Å². The van der Waals surface area contributed by atoms with Gasteiger partial charge in [-0.25, -0.2) is 0 Å². The molecule has 2 N–H and O–H groups in total. The van der Waals surface area contributed by atoms with Crippen LogP contribution in [0.5, 0.6) is 0 Å². The highest BCUT2D eigenvalue weighted by molar-refractivity contribution is 5.33. The van der Waals surface area contributed by atoms with E-state index in [2.05, 4.69) is 15.6 Å². The third-order valence-electron chi connectivity index (χ3n) is 1.86. The molecule has 1 aromatic heterocycles. The van der Waals surface area contributed by atoms with Crippen LogP contribution in [0.2, 0.25) is 0 Å². The molecular weight excluding hydrogens is 200 g/mol. The zero-order valence-corrected chi connectivity index (χ0v) is 9.40. The van der Waals surface area contributed by atoms with E-state index in [1.807, 2.05) is 31.2 Å². The Kier molecular flexibility index (Phi) is 4.16. The Labute approximate surface area is 95.3 Å². The molecule has 2 rings (SSSR count). The predicted molar refractivity (Wildman–Crippen MR) is 64.8 cm³/mol. The van der Waals surface area contributed by atoms with Crippen molar-refractivity contribution in [3.63, 3.8) is 0 Å². The first-order valence-electron chi connectivity index (χ1n) is 4.84. The molecular formula is C13H14N2O. The summed E-state index contributed by atoms with van der Waals surface area (Å²) in [4.78, 5) is 0. The molecule has 0 bridgehead atoms. The van der Waals surface area contributed by atoms with E-state index < -0.39 is 0 Å². The van der Waals surface area contributed by atoms with Crippen molar-refractivity contribution in [2.45, 2.75) is 13.8 Å². The fraction of sp³-hybridized carbons (Fsp3) is 0.154. The summed E-state index contributed by atoms with van der Waals surface area (Å²) < 4.78 is 4.59. The largest absolute Gasteiger partial charge is 0.381 e. The minimum absolute atomic E-state index is 0.442. The zero-order valence-electron chi connectivity index (χ0n) is 9.40. The highest BCUT2D eigenvalue weighted by Gasteiger charge is 1.89. The van der Waals surface area contributed by atoms with Gasteiger partial charge < -0.3 is 10.3 Å². The fourth-order valence-corrected chi connectivity index (χ4v) is 1.04. The second-order valence-corrected chi connectivity index (χ2v) is 3.37. The van der Waals surface area contributed by atoms with Gasteiger partial charge in [0.1, 0.15) is 5.76 Å². The monoisotopic (exact) mass is 214 g/mol. The van der Waals surface area contributed by atoms with Crippen LogP contribution in [0.1, 0.15) is 16.9 Å². The molecule has 16 heavy (non-hydrogen) atoms. The highest BCUT2D eigenvalue weighted by atomic mass is 16.5. The Bertz CT molecular complexity index is 461. The van der Waals surface area contributed by atoms with E-state index in [1.54, 1.807) is 13.0 Å². The molecule has 0 saturated carbocycles. The average molecular weight is 214 g/mol. The average Bonchev–Trinajstić information content (AvgIpc) is 2.65. The van der Waals surface area contributed by atoms with E-state index in [4.69, 9.17) is 12.2 Å². The summed E-state index contributed by atoms with van der Waals surface area (Å²) in [5.74, 6) is 3.74. The lowest BCUT2D eigenvalue weighted by atomic mass is 10.2. The first-order valence-corrected chi connectivity index (χ1v) is 4.84. The van der Waals surface area contributed by atoms with Crippen molar-refractivity contribution in [3.8, 4) is 12.3 Å². The van der Waals surface area contributed by atoms with E-state index in [0.717, 1.165) is 11.3 Å².